The molecule has 5 heteroatoms. The molecule has 2 N–H and O–H groups in total. The largest absolute Gasteiger partial charge is 0.462 e. The van der Waals surface area contributed by atoms with Gasteiger partial charge >= 0.3 is 0 Å². The number of nitrogens with two attached hydrogens (primary N) is 1. The summed E-state index contributed by atoms with van der Waals surface area (Å²) in [5.74, 6) is 0.831. The molecule has 4 nitrogen and oxygen atoms in total. The van der Waals surface area contributed by atoms with Gasteiger partial charge in [0.05, 0.1) is 12.0 Å². The Morgan fingerprint density at radius 1 is 1.56 bits per heavy atom. The molecule has 0 fully saturated rings. The van der Waals surface area contributed by atoms with Crippen LogP contribution < -0.4 is 5.73 Å². The lowest BCUT2D eigenvalue weighted by Gasteiger charge is -2.12. The van der Waals surface area contributed by atoms with Crippen LogP contribution in [0.3, 0.4) is 0 Å². The fraction of sp³-hybridized carbons (Fsp3) is 0.364. The third kappa shape index (κ3) is 2.69. The highest BCUT2D eigenvalue weighted by molar-refractivity contribution is 7.13. The minimum Gasteiger partial charge on any atom is -0.462 e. The first-order valence-corrected chi connectivity index (χ1v) is 6.04. The van der Waals surface area contributed by atoms with E-state index < -0.39 is 0 Å². The van der Waals surface area contributed by atoms with Gasteiger partial charge < -0.3 is 10.2 Å². The first-order chi connectivity index (χ1) is 7.79. The minimum atomic E-state index is 0.672. The maximum Gasteiger partial charge on any atom is 0.162 e. The summed E-state index contributed by atoms with van der Waals surface area (Å²) in [5, 5.41) is 2.99. The smallest absolute Gasteiger partial charge is 0.162 e. The van der Waals surface area contributed by atoms with Crippen LogP contribution >= 0.6 is 11.3 Å². The van der Waals surface area contributed by atoms with Gasteiger partial charge in [-0.05, 0) is 19.2 Å². The van der Waals surface area contributed by atoms with Gasteiger partial charge in [0.2, 0.25) is 0 Å². The van der Waals surface area contributed by atoms with Crippen LogP contribution in [0.15, 0.2) is 28.2 Å². The summed E-state index contributed by atoms with van der Waals surface area (Å²) in [5.41, 5.74) is 6.55. The van der Waals surface area contributed by atoms with Crippen molar-refractivity contribution >= 4 is 11.3 Å². The topological polar surface area (TPSA) is 55.3 Å². The van der Waals surface area contributed by atoms with Crippen LogP contribution in [0, 0.1) is 0 Å². The molecule has 0 saturated heterocycles. The van der Waals surface area contributed by atoms with Crippen molar-refractivity contribution in [3.63, 3.8) is 0 Å². The van der Waals surface area contributed by atoms with Gasteiger partial charge in [0.15, 0.2) is 10.8 Å². The third-order valence-corrected chi connectivity index (χ3v) is 3.13. The average molecular weight is 237 g/mol. The van der Waals surface area contributed by atoms with Crippen molar-refractivity contribution < 1.29 is 4.42 Å². The van der Waals surface area contributed by atoms with Crippen molar-refractivity contribution in [1.82, 2.24) is 9.88 Å². The molecule has 0 unspecified atom stereocenters. The zero-order chi connectivity index (χ0) is 11.4. The van der Waals surface area contributed by atoms with Crippen LogP contribution in [0.2, 0.25) is 0 Å². The Kier molecular flexibility index (Phi) is 3.71. The number of rotatable bonds is 5. The molecule has 0 saturated carbocycles. The van der Waals surface area contributed by atoms with Crippen LogP contribution in [0.1, 0.15) is 5.69 Å². The second kappa shape index (κ2) is 5.25. The average Bonchev–Trinajstić information content (AvgIpc) is 2.86. The van der Waals surface area contributed by atoms with E-state index in [9.17, 15) is 0 Å². The Morgan fingerprint density at radius 2 is 2.44 bits per heavy atom. The van der Waals surface area contributed by atoms with Crippen LogP contribution in [-0.4, -0.2) is 30.0 Å². The molecule has 0 aromatic carbocycles. The lowest BCUT2D eigenvalue weighted by molar-refractivity contribution is 0.333. The molecule has 86 valence electrons. The number of thiazole rings is 1. The number of nitrogens with zero attached hydrogens (tertiary/aromatic N) is 2. The molecule has 0 aliphatic carbocycles. The fourth-order valence-electron chi connectivity index (χ4n) is 1.47. The summed E-state index contributed by atoms with van der Waals surface area (Å²) >= 11 is 1.60. The van der Waals surface area contributed by atoms with Gasteiger partial charge in [-0.2, -0.15) is 0 Å². The van der Waals surface area contributed by atoms with Crippen LogP contribution in [-0.2, 0) is 6.54 Å². The van der Waals surface area contributed by atoms with E-state index in [-0.39, 0.29) is 0 Å². The molecule has 2 aromatic heterocycles. The second-order valence-electron chi connectivity index (χ2n) is 3.65. The molecular formula is C11H15N3OS. The Balaban J connectivity index is 2.03. The quantitative estimate of drug-likeness (QED) is 0.861. The van der Waals surface area contributed by atoms with Crippen molar-refractivity contribution in [3.8, 4) is 10.8 Å². The summed E-state index contributed by atoms with van der Waals surface area (Å²) in [7, 11) is 2.04. The monoisotopic (exact) mass is 237 g/mol. The molecule has 2 heterocycles. The Bertz CT molecular complexity index is 424. The number of aromatic nitrogens is 1. The predicted molar refractivity (Wildman–Crippen MR) is 65.2 cm³/mol. The fourth-order valence-corrected chi connectivity index (χ4v) is 2.25. The molecule has 0 atom stereocenters. The molecule has 2 rings (SSSR count). The Morgan fingerprint density at radius 3 is 3.12 bits per heavy atom. The molecular weight excluding hydrogens is 222 g/mol. The van der Waals surface area contributed by atoms with E-state index in [4.69, 9.17) is 10.2 Å². The van der Waals surface area contributed by atoms with Gasteiger partial charge in [0.25, 0.3) is 0 Å². The van der Waals surface area contributed by atoms with E-state index >= 15 is 0 Å². The molecule has 2 aromatic rings. The van der Waals surface area contributed by atoms with Crippen molar-refractivity contribution in [2.45, 2.75) is 6.54 Å². The van der Waals surface area contributed by atoms with Crippen molar-refractivity contribution in [3.05, 3.63) is 29.5 Å². The summed E-state index contributed by atoms with van der Waals surface area (Å²) in [6.07, 6.45) is 1.66. The van der Waals surface area contributed by atoms with E-state index in [1.165, 1.54) is 0 Å². The van der Waals surface area contributed by atoms with Crippen LogP contribution in [0.4, 0.5) is 0 Å². The van der Waals surface area contributed by atoms with E-state index in [2.05, 4.69) is 15.3 Å². The highest BCUT2D eigenvalue weighted by atomic mass is 32.1. The standard InChI is InChI=1S/C11H15N3OS/c1-14(5-4-12)7-9-8-16-11(13-9)10-3-2-6-15-10/h2-3,6,8H,4-5,7,12H2,1H3. The van der Waals surface area contributed by atoms with E-state index in [0.717, 1.165) is 29.6 Å². The highest BCUT2D eigenvalue weighted by Gasteiger charge is 2.08. The van der Waals surface area contributed by atoms with Crippen molar-refractivity contribution in [2.75, 3.05) is 20.1 Å². The lowest BCUT2D eigenvalue weighted by Crippen LogP contribution is -2.25. The van der Waals surface area contributed by atoms with E-state index in [1.807, 2.05) is 19.2 Å². The van der Waals surface area contributed by atoms with Gasteiger partial charge in [-0.1, -0.05) is 0 Å². The van der Waals surface area contributed by atoms with Gasteiger partial charge in [-0.15, -0.1) is 11.3 Å². The summed E-state index contributed by atoms with van der Waals surface area (Å²) in [6, 6.07) is 3.79. The number of furan rings is 1. The number of hydrogen-bond donors (Lipinski definition) is 1. The molecule has 16 heavy (non-hydrogen) atoms. The molecule has 0 aliphatic heterocycles. The van der Waals surface area contributed by atoms with E-state index in [1.54, 1.807) is 17.6 Å². The number of hydrogen-bond acceptors (Lipinski definition) is 5. The Labute approximate surface area is 98.7 Å². The van der Waals surface area contributed by atoms with Crippen molar-refractivity contribution in [1.29, 1.82) is 0 Å². The molecule has 0 spiro atoms. The maximum atomic E-state index is 5.49. The summed E-state index contributed by atoms with van der Waals surface area (Å²) < 4.78 is 5.30. The molecule has 0 amide bonds. The predicted octanol–water partition coefficient (Wildman–Crippen LogP) is 1.79. The Hall–Kier alpha value is -1.17. The minimum absolute atomic E-state index is 0.672. The zero-order valence-electron chi connectivity index (χ0n) is 9.22. The summed E-state index contributed by atoms with van der Waals surface area (Å²) in [4.78, 5) is 6.67. The highest BCUT2D eigenvalue weighted by Crippen LogP contribution is 2.24. The third-order valence-electron chi connectivity index (χ3n) is 2.23. The second-order valence-corrected chi connectivity index (χ2v) is 4.51. The van der Waals surface area contributed by atoms with Crippen LogP contribution in [0.25, 0.3) is 10.8 Å². The number of likely N-dealkylation sites (N-methyl/N-ethyl adjacent to an activating group) is 1. The zero-order valence-corrected chi connectivity index (χ0v) is 10.0. The van der Waals surface area contributed by atoms with Gasteiger partial charge in [0.1, 0.15) is 0 Å². The summed E-state index contributed by atoms with van der Waals surface area (Å²) in [6.45, 7) is 2.38. The lowest BCUT2D eigenvalue weighted by atomic mass is 10.4. The van der Waals surface area contributed by atoms with Crippen molar-refractivity contribution in [2.24, 2.45) is 5.73 Å². The van der Waals surface area contributed by atoms with Gasteiger partial charge in [-0.25, -0.2) is 4.98 Å². The van der Waals surface area contributed by atoms with E-state index in [0.29, 0.717) is 6.54 Å². The normalized spacial score (nSPS) is 11.2. The van der Waals surface area contributed by atoms with Gasteiger partial charge in [0, 0.05) is 25.0 Å². The van der Waals surface area contributed by atoms with Gasteiger partial charge in [-0.3, -0.25) is 4.90 Å². The van der Waals surface area contributed by atoms with Crippen LogP contribution in [0.5, 0.6) is 0 Å². The molecule has 0 aliphatic rings. The SMILES string of the molecule is CN(CCN)Cc1csc(-c2ccco2)n1. The maximum absolute atomic E-state index is 5.49. The molecule has 0 bridgehead atoms. The first kappa shape index (κ1) is 11.3. The first-order valence-electron chi connectivity index (χ1n) is 5.16. The molecule has 0 radical (unpaired) electrons.